The second-order valence-corrected chi connectivity index (χ2v) is 5.98. The van der Waals surface area contributed by atoms with Gasteiger partial charge in [-0.05, 0) is 48.8 Å². The van der Waals surface area contributed by atoms with Crippen molar-refractivity contribution in [2.45, 2.75) is 19.9 Å². The molecule has 1 aromatic carbocycles. The average molecular weight is 356 g/mol. The standard InChI is InChI=1S/C11H12ClN5O.C7H6/c1-2-17-9(7-3-5-8(12)6-4-7)14-10(16-13)15-11(17)18;1-2-7-4-3-6(1)5-7/h3-6H,2,13H2,1H3,(H,15,16,18);1-4H,5H2. The van der Waals surface area contributed by atoms with Crippen molar-refractivity contribution in [3.8, 4) is 11.4 Å². The summed E-state index contributed by atoms with van der Waals surface area (Å²) >= 11 is 5.83. The first-order valence-electron chi connectivity index (χ1n) is 7.90. The third kappa shape index (κ3) is 3.87. The molecule has 1 heterocycles. The highest BCUT2D eigenvalue weighted by atomic mass is 35.5. The van der Waals surface area contributed by atoms with E-state index in [0.717, 1.165) is 5.56 Å². The minimum atomic E-state index is -0.398. The van der Waals surface area contributed by atoms with Gasteiger partial charge in [-0.15, -0.1) is 0 Å². The molecule has 4 rings (SSSR count). The maximum Gasteiger partial charge on any atom is 0.352 e. The van der Waals surface area contributed by atoms with Crippen LogP contribution in [0.2, 0.25) is 5.02 Å². The van der Waals surface area contributed by atoms with Gasteiger partial charge in [-0.2, -0.15) is 9.97 Å². The molecule has 2 aromatic rings. The number of rotatable bonds is 3. The van der Waals surface area contributed by atoms with Gasteiger partial charge >= 0.3 is 5.69 Å². The van der Waals surface area contributed by atoms with Crippen LogP contribution in [-0.4, -0.2) is 14.5 Å². The topological polar surface area (TPSA) is 85.8 Å². The highest BCUT2D eigenvalue weighted by molar-refractivity contribution is 6.30. The van der Waals surface area contributed by atoms with Crippen LogP contribution in [0.5, 0.6) is 0 Å². The quantitative estimate of drug-likeness (QED) is 0.652. The molecule has 25 heavy (non-hydrogen) atoms. The number of nitrogen functional groups attached to an aromatic ring is 1. The van der Waals surface area contributed by atoms with E-state index in [4.69, 9.17) is 17.4 Å². The average Bonchev–Trinajstić information content (AvgIpc) is 3.28. The number of nitrogens with two attached hydrogens (primary N) is 1. The van der Waals surface area contributed by atoms with Gasteiger partial charge in [0.15, 0.2) is 0 Å². The number of nitrogens with zero attached hydrogens (tertiary/aromatic N) is 3. The van der Waals surface area contributed by atoms with Crippen molar-refractivity contribution in [1.82, 2.24) is 14.5 Å². The van der Waals surface area contributed by atoms with Crippen LogP contribution in [-0.2, 0) is 6.54 Å². The molecule has 2 bridgehead atoms. The van der Waals surface area contributed by atoms with Crippen molar-refractivity contribution < 1.29 is 0 Å². The van der Waals surface area contributed by atoms with E-state index in [9.17, 15) is 4.79 Å². The molecule has 0 atom stereocenters. The number of halogens is 1. The fourth-order valence-corrected chi connectivity index (χ4v) is 2.73. The largest absolute Gasteiger partial charge is 0.352 e. The fraction of sp³-hybridized carbons (Fsp3) is 0.167. The lowest BCUT2D eigenvalue weighted by Gasteiger charge is -2.10. The third-order valence-corrected chi connectivity index (χ3v) is 4.13. The van der Waals surface area contributed by atoms with E-state index in [2.05, 4.69) is 39.7 Å². The Kier molecular flexibility index (Phi) is 5.11. The van der Waals surface area contributed by atoms with Crippen molar-refractivity contribution >= 4 is 17.5 Å². The van der Waals surface area contributed by atoms with Crippen molar-refractivity contribution in [2.24, 2.45) is 5.84 Å². The Labute approximate surface area is 150 Å². The summed E-state index contributed by atoms with van der Waals surface area (Å²) in [6.07, 6.45) is 9.90. The third-order valence-electron chi connectivity index (χ3n) is 3.88. The first kappa shape index (κ1) is 17.1. The van der Waals surface area contributed by atoms with Gasteiger partial charge < -0.3 is 0 Å². The van der Waals surface area contributed by atoms with Crippen molar-refractivity contribution in [3.63, 3.8) is 0 Å². The highest BCUT2D eigenvalue weighted by Gasteiger charge is 2.10. The van der Waals surface area contributed by atoms with Gasteiger partial charge in [-0.1, -0.05) is 35.9 Å². The van der Waals surface area contributed by atoms with Gasteiger partial charge in [-0.25, -0.2) is 10.6 Å². The molecule has 0 radical (unpaired) electrons. The van der Waals surface area contributed by atoms with E-state index in [1.807, 2.05) is 6.92 Å². The lowest BCUT2D eigenvalue weighted by Crippen LogP contribution is -2.27. The predicted octanol–water partition coefficient (Wildman–Crippen LogP) is 3.08. The van der Waals surface area contributed by atoms with Crippen molar-refractivity contribution in [3.05, 3.63) is 75.2 Å². The summed E-state index contributed by atoms with van der Waals surface area (Å²) in [7, 11) is 0. The number of benzene rings is 1. The molecule has 0 amide bonds. The summed E-state index contributed by atoms with van der Waals surface area (Å²) in [6.45, 7) is 2.32. The predicted molar refractivity (Wildman–Crippen MR) is 100 cm³/mol. The summed E-state index contributed by atoms with van der Waals surface area (Å²) in [5.41, 5.74) is 5.59. The molecule has 2 aliphatic carbocycles. The molecule has 0 unspecified atom stereocenters. The molecule has 7 heteroatoms. The van der Waals surface area contributed by atoms with Crippen LogP contribution >= 0.6 is 11.6 Å². The van der Waals surface area contributed by atoms with Crippen LogP contribution in [0.15, 0.2) is 64.5 Å². The molecular weight excluding hydrogens is 338 g/mol. The number of hydrogen-bond donors (Lipinski definition) is 2. The molecule has 0 saturated carbocycles. The summed E-state index contributed by atoms with van der Waals surface area (Å²) in [6, 6.07) is 7.05. The van der Waals surface area contributed by atoms with E-state index in [1.54, 1.807) is 24.3 Å². The van der Waals surface area contributed by atoms with Crippen LogP contribution < -0.4 is 17.0 Å². The lowest BCUT2D eigenvalue weighted by atomic mass is 10.2. The number of anilines is 1. The van der Waals surface area contributed by atoms with E-state index < -0.39 is 5.69 Å². The monoisotopic (exact) mass is 355 g/mol. The maximum atomic E-state index is 11.8. The Balaban J connectivity index is 0.000000213. The Morgan fingerprint density at radius 1 is 1.16 bits per heavy atom. The van der Waals surface area contributed by atoms with Gasteiger partial charge in [0.05, 0.1) is 0 Å². The first-order valence-corrected chi connectivity index (χ1v) is 8.27. The van der Waals surface area contributed by atoms with Crippen LogP contribution in [0.1, 0.15) is 13.3 Å². The maximum absolute atomic E-state index is 11.8. The second kappa shape index (κ2) is 7.46. The number of fused-ring (bicyclic) bond motifs is 2. The molecule has 1 aromatic heterocycles. The molecule has 0 fully saturated rings. The molecule has 0 saturated heterocycles. The van der Waals surface area contributed by atoms with Crippen LogP contribution in [0.25, 0.3) is 11.4 Å². The molecule has 2 aliphatic rings. The van der Waals surface area contributed by atoms with Crippen molar-refractivity contribution in [2.75, 3.05) is 5.43 Å². The second-order valence-electron chi connectivity index (χ2n) is 5.54. The summed E-state index contributed by atoms with van der Waals surface area (Å²) in [5.74, 6) is 5.83. The number of hydrazine groups is 1. The molecule has 6 nitrogen and oxygen atoms in total. The van der Waals surface area contributed by atoms with Gasteiger partial charge in [-0.3, -0.25) is 9.99 Å². The zero-order valence-electron chi connectivity index (χ0n) is 13.7. The lowest BCUT2D eigenvalue weighted by molar-refractivity contribution is 0.687. The Hall–Kier alpha value is -2.70. The number of aromatic nitrogens is 3. The minimum Gasteiger partial charge on any atom is -0.292 e. The van der Waals surface area contributed by atoms with E-state index in [1.165, 1.54) is 22.1 Å². The number of hydrogen-bond acceptors (Lipinski definition) is 5. The molecule has 0 spiro atoms. The van der Waals surface area contributed by atoms with Crippen LogP contribution in [0.4, 0.5) is 5.95 Å². The molecule has 128 valence electrons. The van der Waals surface area contributed by atoms with Gasteiger partial charge in [0.2, 0.25) is 5.95 Å². The van der Waals surface area contributed by atoms with Crippen LogP contribution in [0, 0.1) is 0 Å². The van der Waals surface area contributed by atoms with Crippen LogP contribution in [0.3, 0.4) is 0 Å². The molecule has 3 N–H and O–H groups in total. The first-order chi connectivity index (χ1) is 12.1. The van der Waals surface area contributed by atoms with Gasteiger partial charge in [0.1, 0.15) is 5.82 Å². The van der Waals surface area contributed by atoms with Gasteiger partial charge in [0, 0.05) is 17.1 Å². The Morgan fingerprint density at radius 3 is 2.24 bits per heavy atom. The summed E-state index contributed by atoms with van der Waals surface area (Å²) in [5, 5.41) is 0.621. The number of allylic oxidation sites excluding steroid dienone is 6. The van der Waals surface area contributed by atoms with E-state index in [0.29, 0.717) is 17.4 Å². The van der Waals surface area contributed by atoms with Gasteiger partial charge in [0.25, 0.3) is 0 Å². The minimum absolute atomic E-state index is 0.0923. The molecule has 0 aliphatic heterocycles. The zero-order valence-corrected chi connectivity index (χ0v) is 14.5. The zero-order chi connectivity index (χ0) is 17.8. The van der Waals surface area contributed by atoms with Crippen molar-refractivity contribution in [1.29, 1.82) is 0 Å². The van der Waals surface area contributed by atoms with E-state index in [-0.39, 0.29) is 5.95 Å². The normalized spacial score (nSPS) is 13.9. The Bertz CT molecular complexity index is 905. The smallest absolute Gasteiger partial charge is 0.292 e. The SMILES string of the molecule is C1=CC2=CC=C1C2.CCn1c(-c2ccc(Cl)cc2)nc(NN)nc1=O. The van der Waals surface area contributed by atoms with E-state index >= 15 is 0 Å². The fourth-order valence-electron chi connectivity index (χ4n) is 2.61. The highest BCUT2D eigenvalue weighted by Crippen LogP contribution is 2.27. The molecular formula is C18H18ClN5O. The Morgan fingerprint density at radius 2 is 1.80 bits per heavy atom. The summed E-state index contributed by atoms with van der Waals surface area (Å²) < 4.78 is 1.46. The number of nitrogens with one attached hydrogen (secondary N) is 1. The summed E-state index contributed by atoms with van der Waals surface area (Å²) in [4.78, 5) is 19.7.